The van der Waals surface area contributed by atoms with Gasteiger partial charge in [0.25, 0.3) is 0 Å². The second-order valence-corrected chi connectivity index (χ2v) is 10.5. The Morgan fingerprint density at radius 2 is 2.03 bits per heavy atom. The number of nitrogens with one attached hydrogen (secondary N) is 1. The lowest BCUT2D eigenvalue weighted by Gasteiger charge is -2.26. The molecule has 1 aromatic carbocycles. The molecule has 1 aliphatic carbocycles. The predicted octanol–water partition coefficient (Wildman–Crippen LogP) is 1.84. The number of carbonyl (C=O) groups is 1. The molecule has 2 aromatic rings. The number of aromatic nitrogens is 3. The number of morpholine rings is 1. The van der Waals surface area contributed by atoms with Crippen molar-refractivity contribution in [3.05, 3.63) is 24.0 Å². The van der Waals surface area contributed by atoms with Crippen LogP contribution in [-0.4, -0.2) is 72.1 Å². The van der Waals surface area contributed by atoms with E-state index in [2.05, 4.69) is 15.5 Å². The Kier molecular flexibility index (Phi) is 7.03. The first kappa shape index (κ1) is 23.0. The molecular weight excluding hydrogens is 454 g/mol. The highest BCUT2D eigenvalue weighted by Crippen LogP contribution is 2.39. The van der Waals surface area contributed by atoms with E-state index in [1.807, 2.05) is 18.5 Å². The van der Waals surface area contributed by atoms with Crippen LogP contribution in [0.2, 0.25) is 0 Å². The minimum absolute atomic E-state index is 0.105. The number of benzene rings is 1. The lowest BCUT2D eigenvalue weighted by molar-refractivity contribution is -0.113. The van der Waals surface area contributed by atoms with Crippen LogP contribution in [0.3, 0.4) is 0 Å². The summed E-state index contributed by atoms with van der Waals surface area (Å²) in [6.07, 6.45) is 2.25. The maximum Gasteiger partial charge on any atom is 0.243 e. The zero-order valence-electron chi connectivity index (χ0n) is 18.1. The number of thioether (sulfide) groups is 1. The van der Waals surface area contributed by atoms with Gasteiger partial charge in [0.1, 0.15) is 11.6 Å². The molecule has 1 N–H and O–H groups in total. The average Bonchev–Trinajstić information content (AvgIpc) is 3.57. The summed E-state index contributed by atoms with van der Waals surface area (Å²) in [6, 6.07) is 4.52. The third-order valence-electron chi connectivity index (χ3n) is 5.28. The fourth-order valence-electron chi connectivity index (χ4n) is 3.45. The van der Waals surface area contributed by atoms with E-state index >= 15 is 0 Å². The number of hydrogen-bond donors (Lipinski definition) is 1. The van der Waals surface area contributed by atoms with Crippen molar-refractivity contribution in [1.82, 2.24) is 19.1 Å². The number of carbonyl (C=O) groups excluding carboxylic acids is 1. The average molecular weight is 482 g/mol. The van der Waals surface area contributed by atoms with Gasteiger partial charge in [-0.15, -0.1) is 10.2 Å². The summed E-state index contributed by atoms with van der Waals surface area (Å²) in [6.45, 7) is 3.54. The molecule has 2 fully saturated rings. The van der Waals surface area contributed by atoms with Crippen molar-refractivity contribution < 1.29 is 22.7 Å². The van der Waals surface area contributed by atoms with Gasteiger partial charge in [-0.05, 0) is 38.0 Å². The van der Waals surface area contributed by atoms with Crippen molar-refractivity contribution in [2.24, 2.45) is 7.05 Å². The van der Waals surface area contributed by atoms with Crippen molar-refractivity contribution in [3.8, 4) is 5.75 Å². The SMILES string of the molecule is CCOc1ccc(S(=O)(=O)N2CCOCC2)cc1NC(=O)CSc1nnc(C2CC2)n1C. The first-order valence-electron chi connectivity index (χ1n) is 10.6. The highest BCUT2D eigenvalue weighted by atomic mass is 32.2. The van der Waals surface area contributed by atoms with Crippen molar-refractivity contribution in [3.63, 3.8) is 0 Å². The van der Waals surface area contributed by atoms with E-state index in [4.69, 9.17) is 9.47 Å². The second kappa shape index (κ2) is 9.77. The molecule has 0 unspecified atom stereocenters. The number of hydrogen-bond acceptors (Lipinski definition) is 8. The summed E-state index contributed by atoms with van der Waals surface area (Å²) in [5.74, 6) is 1.67. The summed E-state index contributed by atoms with van der Waals surface area (Å²) in [5, 5.41) is 11.9. The number of ether oxygens (including phenoxy) is 2. The molecule has 1 amide bonds. The van der Waals surface area contributed by atoms with Gasteiger partial charge < -0.3 is 19.4 Å². The lowest BCUT2D eigenvalue weighted by atomic mass is 10.3. The van der Waals surface area contributed by atoms with E-state index in [0.29, 0.717) is 55.4 Å². The Bertz CT molecular complexity index is 1080. The van der Waals surface area contributed by atoms with Crippen LogP contribution in [0.4, 0.5) is 5.69 Å². The molecule has 1 aliphatic heterocycles. The van der Waals surface area contributed by atoms with Gasteiger partial charge >= 0.3 is 0 Å². The molecule has 0 atom stereocenters. The maximum atomic E-state index is 13.0. The molecule has 0 spiro atoms. The molecule has 174 valence electrons. The topological polar surface area (TPSA) is 116 Å². The molecule has 1 saturated heterocycles. The van der Waals surface area contributed by atoms with Gasteiger partial charge in [-0.3, -0.25) is 4.79 Å². The summed E-state index contributed by atoms with van der Waals surface area (Å²) >= 11 is 1.29. The highest BCUT2D eigenvalue weighted by Gasteiger charge is 2.30. The van der Waals surface area contributed by atoms with Gasteiger partial charge in [0.05, 0.1) is 36.2 Å². The van der Waals surface area contributed by atoms with Crippen molar-refractivity contribution in [2.45, 2.75) is 35.7 Å². The van der Waals surface area contributed by atoms with Crippen molar-refractivity contribution in [1.29, 1.82) is 0 Å². The van der Waals surface area contributed by atoms with Crippen molar-refractivity contribution >= 4 is 33.4 Å². The number of rotatable bonds is 9. The Hall–Kier alpha value is -2.15. The number of sulfonamides is 1. The van der Waals surface area contributed by atoms with Crippen LogP contribution in [0.5, 0.6) is 5.75 Å². The monoisotopic (exact) mass is 481 g/mol. The predicted molar refractivity (Wildman–Crippen MR) is 120 cm³/mol. The van der Waals surface area contributed by atoms with Crippen LogP contribution >= 0.6 is 11.8 Å². The maximum absolute atomic E-state index is 13.0. The molecular formula is C20H27N5O5S2. The smallest absolute Gasteiger partial charge is 0.243 e. The Morgan fingerprint density at radius 3 is 2.72 bits per heavy atom. The summed E-state index contributed by atoms with van der Waals surface area (Å²) in [7, 11) is -1.79. The van der Waals surface area contributed by atoms with E-state index in [1.165, 1.54) is 28.2 Å². The first-order chi connectivity index (χ1) is 15.4. The molecule has 12 heteroatoms. The molecule has 2 heterocycles. The van der Waals surface area contributed by atoms with E-state index in [1.54, 1.807) is 6.07 Å². The fraction of sp³-hybridized carbons (Fsp3) is 0.550. The zero-order chi connectivity index (χ0) is 22.7. The van der Waals surface area contributed by atoms with Crippen LogP contribution in [-0.2, 0) is 26.6 Å². The van der Waals surface area contributed by atoms with E-state index in [9.17, 15) is 13.2 Å². The largest absolute Gasteiger partial charge is 0.492 e. The standard InChI is InChI=1S/C20H27N5O5S2/c1-3-30-17-7-6-15(32(27,28)25-8-10-29-11-9-25)12-16(17)21-18(26)13-31-20-23-22-19(24(20)2)14-4-5-14/h6-7,12,14H,3-5,8-11,13H2,1-2H3,(H,21,26). The van der Waals surface area contributed by atoms with Crippen LogP contribution in [0.25, 0.3) is 0 Å². The molecule has 32 heavy (non-hydrogen) atoms. The third kappa shape index (κ3) is 5.08. The van der Waals surface area contributed by atoms with Gasteiger partial charge in [-0.2, -0.15) is 4.31 Å². The van der Waals surface area contributed by atoms with E-state index < -0.39 is 10.0 Å². The number of amides is 1. The number of nitrogens with zero attached hydrogens (tertiary/aromatic N) is 4. The van der Waals surface area contributed by atoms with Crippen LogP contribution in [0.1, 0.15) is 31.5 Å². The Balaban J connectivity index is 1.47. The molecule has 0 bridgehead atoms. The van der Waals surface area contributed by atoms with Gasteiger partial charge in [0.15, 0.2) is 5.16 Å². The summed E-state index contributed by atoms with van der Waals surface area (Å²) < 4.78 is 40.2. The van der Waals surface area contributed by atoms with Crippen molar-refractivity contribution in [2.75, 3.05) is 44.0 Å². The van der Waals surface area contributed by atoms with Crippen LogP contribution in [0, 0.1) is 0 Å². The Morgan fingerprint density at radius 1 is 1.28 bits per heavy atom. The highest BCUT2D eigenvalue weighted by molar-refractivity contribution is 7.99. The molecule has 0 radical (unpaired) electrons. The minimum atomic E-state index is -3.69. The van der Waals surface area contributed by atoms with E-state index in [0.717, 1.165) is 18.7 Å². The van der Waals surface area contributed by atoms with Gasteiger partial charge in [-0.1, -0.05) is 11.8 Å². The minimum Gasteiger partial charge on any atom is -0.492 e. The lowest BCUT2D eigenvalue weighted by Crippen LogP contribution is -2.40. The number of anilines is 1. The molecule has 10 nitrogen and oxygen atoms in total. The first-order valence-corrected chi connectivity index (χ1v) is 13.0. The zero-order valence-corrected chi connectivity index (χ0v) is 19.7. The quantitative estimate of drug-likeness (QED) is 0.540. The van der Waals surface area contributed by atoms with Gasteiger partial charge in [-0.25, -0.2) is 8.42 Å². The van der Waals surface area contributed by atoms with E-state index in [-0.39, 0.29) is 16.6 Å². The van der Waals surface area contributed by atoms with Gasteiger partial charge in [0.2, 0.25) is 15.9 Å². The summed E-state index contributed by atoms with van der Waals surface area (Å²) in [5.41, 5.74) is 0.323. The molecule has 2 aliphatic rings. The van der Waals surface area contributed by atoms with Crippen LogP contribution < -0.4 is 10.1 Å². The fourth-order valence-corrected chi connectivity index (χ4v) is 5.60. The van der Waals surface area contributed by atoms with Gasteiger partial charge in [0, 0.05) is 26.1 Å². The second-order valence-electron chi connectivity index (χ2n) is 7.62. The molecule has 1 saturated carbocycles. The molecule has 1 aromatic heterocycles. The normalized spacial score (nSPS) is 17.3. The summed E-state index contributed by atoms with van der Waals surface area (Å²) in [4.78, 5) is 12.8. The third-order valence-corrected chi connectivity index (χ3v) is 8.19. The Labute approximate surface area is 191 Å². The van der Waals surface area contributed by atoms with Crippen LogP contribution in [0.15, 0.2) is 28.3 Å². The molecule has 4 rings (SSSR count).